The van der Waals surface area contributed by atoms with Crippen LogP contribution in [0.1, 0.15) is 28.4 Å². The third-order valence-corrected chi connectivity index (χ3v) is 4.90. The zero-order valence-corrected chi connectivity index (χ0v) is 17.4. The second-order valence-corrected chi connectivity index (χ2v) is 7.47. The van der Waals surface area contributed by atoms with E-state index in [9.17, 15) is 14.4 Å². The number of fused-ring (bicyclic) bond motifs is 1. The third kappa shape index (κ3) is 4.00. The van der Waals surface area contributed by atoms with Crippen molar-refractivity contribution in [1.29, 1.82) is 0 Å². The van der Waals surface area contributed by atoms with E-state index in [-0.39, 0.29) is 17.9 Å². The fourth-order valence-electron chi connectivity index (χ4n) is 3.57. The van der Waals surface area contributed by atoms with Gasteiger partial charge in [-0.3, -0.25) is 19.0 Å². The van der Waals surface area contributed by atoms with Crippen molar-refractivity contribution in [2.45, 2.75) is 27.3 Å². The molecule has 0 aliphatic carbocycles. The predicted molar refractivity (Wildman–Crippen MR) is 118 cm³/mol. The third-order valence-electron chi connectivity index (χ3n) is 4.90. The Kier molecular flexibility index (Phi) is 5.21. The summed E-state index contributed by atoms with van der Waals surface area (Å²) in [5.74, 6) is -0.589. The van der Waals surface area contributed by atoms with Crippen LogP contribution in [0.3, 0.4) is 0 Å². The van der Waals surface area contributed by atoms with Gasteiger partial charge in [-0.25, -0.2) is 9.67 Å². The molecule has 0 bridgehead atoms. The van der Waals surface area contributed by atoms with E-state index < -0.39 is 5.91 Å². The highest BCUT2D eigenvalue weighted by molar-refractivity contribution is 6.03. The number of nitrogens with one attached hydrogen (secondary N) is 1. The first-order valence-corrected chi connectivity index (χ1v) is 9.75. The van der Waals surface area contributed by atoms with Gasteiger partial charge < -0.3 is 5.32 Å². The van der Waals surface area contributed by atoms with Crippen LogP contribution in [-0.4, -0.2) is 31.0 Å². The summed E-state index contributed by atoms with van der Waals surface area (Å²) in [5, 5.41) is 7.34. The standard InChI is InChI=1S/C23H21N5O3/c1-14-8-15(2)10-17(9-14)28-22-19(11-25-28)23(31)27(13-24-22)12-21(30)26-20-7-5-4-6-18(20)16(3)29/h4-11,13H,12H2,1-3H3,(H,26,30). The summed E-state index contributed by atoms with van der Waals surface area (Å²) in [6.45, 7) is 5.18. The fourth-order valence-corrected chi connectivity index (χ4v) is 3.57. The Morgan fingerprint density at radius 1 is 1.06 bits per heavy atom. The Balaban J connectivity index is 1.63. The molecule has 8 nitrogen and oxygen atoms in total. The lowest BCUT2D eigenvalue weighted by molar-refractivity contribution is -0.116. The SMILES string of the molecule is CC(=O)c1ccccc1NC(=O)Cn1cnc2c(cnn2-c2cc(C)cc(C)c2)c1=O. The fraction of sp³-hybridized carbons (Fsp3) is 0.174. The number of amides is 1. The molecule has 2 aromatic heterocycles. The minimum Gasteiger partial charge on any atom is -0.324 e. The van der Waals surface area contributed by atoms with Crippen molar-refractivity contribution in [3.63, 3.8) is 0 Å². The molecule has 156 valence electrons. The van der Waals surface area contributed by atoms with Crippen LogP contribution in [0.25, 0.3) is 16.7 Å². The van der Waals surface area contributed by atoms with Crippen molar-refractivity contribution in [2.24, 2.45) is 0 Å². The first kappa shape index (κ1) is 20.2. The van der Waals surface area contributed by atoms with E-state index in [1.807, 2.05) is 26.0 Å². The lowest BCUT2D eigenvalue weighted by atomic mass is 10.1. The molecule has 0 saturated carbocycles. The van der Waals surface area contributed by atoms with Gasteiger partial charge in [0.25, 0.3) is 5.56 Å². The van der Waals surface area contributed by atoms with Crippen LogP contribution in [-0.2, 0) is 11.3 Å². The highest BCUT2D eigenvalue weighted by Gasteiger charge is 2.15. The van der Waals surface area contributed by atoms with Crippen molar-refractivity contribution >= 4 is 28.4 Å². The van der Waals surface area contributed by atoms with Crippen LogP contribution in [0.4, 0.5) is 5.69 Å². The number of Topliss-reactive ketones (excluding diaryl/α,β-unsaturated/α-hetero) is 1. The minimum atomic E-state index is -0.432. The number of carbonyl (C=O) groups excluding carboxylic acids is 2. The average molecular weight is 415 g/mol. The molecule has 2 heterocycles. The molecule has 8 heteroatoms. The molecule has 0 aliphatic rings. The van der Waals surface area contributed by atoms with E-state index in [2.05, 4.69) is 21.5 Å². The van der Waals surface area contributed by atoms with Gasteiger partial charge in [0.15, 0.2) is 11.4 Å². The first-order valence-electron chi connectivity index (χ1n) is 9.75. The summed E-state index contributed by atoms with van der Waals surface area (Å²) in [7, 11) is 0. The van der Waals surface area contributed by atoms with Gasteiger partial charge in [-0.2, -0.15) is 5.10 Å². The summed E-state index contributed by atoms with van der Waals surface area (Å²) >= 11 is 0. The van der Waals surface area contributed by atoms with E-state index in [0.29, 0.717) is 22.3 Å². The largest absolute Gasteiger partial charge is 0.324 e. The summed E-state index contributed by atoms with van der Waals surface area (Å²) in [6, 6.07) is 12.7. The maximum Gasteiger partial charge on any atom is 0.264 e. The normalized spacial score (nSPS) is 10.9. The molecule has 0 atom stereocenters. The second kappa shape index (κ2) is 7.98. The van der Waals surface area contributed by atoms with Gasteiger partial charge in [0.1, 0.15) is 18.3 Å². The van der Waals surface area contributed by atoms with Gasteiger partial charge in [0.2, 0.25) is 5.91 Å². The highest BCUT2D eigenvalue weighted by atomic mass is 16.2. The Morgan fingerprint density at radius 2 is 1.77 bits per heavy atom. The molecule has 0 unspecified atom stereocenters. The van der Waals surface area contributed by atoms with Crippen molar-refractivity contribution in [1.82, 2.24) is 19.3 Å². The van der Waals surface area contributed by atoms with Gasteiger partial charge in [-0.15, -0.1) is 0 Å². The topological polar surface area (TPSA) is 98.9 Å². The van der Waals surface area contributed by atoms with E-state index in [1.54, 1.807) is 28.9 Å². The van der Waals surface area contributed by atoms with E-state index in [1.165, 1.54) is 24.0 Å². The number of nitrogens with zero attached hydrogens (tertiary/aromatic N) is 4. The molecular formula is C23H21N5O3. The number of ketones is 1. The number of hydrogen-bond donors (Lipinski definition) is 1. The quantitative estimate of drug-likeness (QED) is 0.505. The minimum absolute atomic E-state index is 0.157. The molecule has 0 aliphatic heterocycles. The molecule has 4 rings (SSSR count). The number of carbonyl (C=O) groups is 2. The lowest BCUT2D eigenvalue weighted by Crippen LogP contribution is -2.28. The summed E-state index contributed by atoms with van der Waals surface area (Å²) in [5.41, 5.74) is 3.85. The zero-order valence-electron chi connectivity index (χ0n) is 17.4. The molecule has 2 aromatic carbocycles. The number of para-hydroxylation sites is 1. The maximum absolute atomic E-state index is 12.9. The van der Waals surface area contributed by atoms with Crippen LogP contribution in [0.5, 0.6) is 0 Å². The Morgan fingerprint density at radius 3 is 2.48 bits per heavy atom. The highest BCUT2D eigenvalue weighted by Crippen LogP contribution is 2.18. The van der Waals surface area contributed by atoms with Gasteiger partial charge in [0, 0.05) is 5.56 Å². The van der Waals surface area contributed by atoms with Gasteiger partial charge in [0.05, 0.1) is 17.6 Å². The first-order chi connectivity index (χ1) is 14.8. The second-order valence-electron chi connectivity index (χ2n) is 7.47. The van der Waals surface area contributed by atoms with Gasteiger partial charge in [-0.1, -0.05) is 18.2 Å². The number of aromatic nitrogens is 4. The van der Waals surface area contributed by atoms with E-state index in [0.717, 1.165) is 16.8 Å². The number of anilines is 1. The lowest BCUT2D eigenvalue weighted by Gasteiger charge is -2.10. The smallest absolute Gasteiger partial charge is 0.264 e. The summed E-state index contributed by atoms with van der Waals surface area (Å²) < 4.78 is 2.84. The number of aryl methyl sites for hydroxylation is 2. The van der Waals surface area contributed by atoms with Crippen molar-refractivity contribution < 1.29 is 9.59 Å². The number of rotatable bonds is 5. The number of hydrogen-bond acceptors (Lipinski definition) is 5. The molecule has 4 aromatic rings. The zero-order chi connectivity index (χ0) is 22.1. The van der Waals surface area contributed by atoms with E-state index in [4.69, 9.17) is 0 Å². The monoisotopic (exact) mass is 415 g/mol. The molecule has 31 heavy (non-hydrogen) atoms. The van der Waals surface area contributed by atoms with Crippen molar-refractivity contribution in [2.75, 3.05) is 5.32 Å². The summed E-state index contributed by atoms with van der Waals surface area (Å²) in [6.07, 6.45) is 2.80. The molecular weight excluding hydrogens is 394 g/mol. The summed E-state index contributed by atoms with van der Waals surface area (Å²) in [4.78, 5) is 41.5. The van der Waals surface area contributed by atoms with Crippen molar-refractivity contribution in [3.8, 4) is 5.69 Å². The van der Waals surface area contributed by atoms with Crippen LogP contribution in [0.15, 0.2) is 59.8 Å². The Hall–Kier alpha value is -4.07. The van der Waals surface area contributed by atoms with Crippen LogP contribution in [0.2, 0.25) is 0 Å². The van der Waals surface area contributed by atoms with Gasteiger partial charge >= 0.3 is 0 Å². The molecule has 0 saturated heterocycles. The molecule has 0 spiro atoms. The average Bonchev–Trinajstić information content (AvgIpc) is 3.14. The maximum atomic E-state index is 12.9. The molecule has 1 N–H and O–H groups in total. The van der Waals surface area contributed by atoms with Crippen LogP contribution >= 0.6 is 0 Å². The Bertz CT molecular complexity index is 1360. The van der Waals surface area contributed by atoms with Crippen LogP contribution < -0.4 is 10.9 Å². The predicted octanol–water partition coefficient (Wildman–Crippen LogP) is 3.04. The van der Waals surface area contributed by atoms with Crippen LogP contribution in [0, 0.1) is 13.8 Å². The molecule has 1 amide bonds. The molecule has 0 radical (unpaired) electrons. The molecule has 0 fully saturated rings. The number of benzene rings is 2. The van der Waals surface area contributed by atoms with Crippen molar-refractivity contribution in [3.05, 3.63) is 82.0 Å². The van der Waals surface area contributed by atoms with E-state index >= 15 is 0 Å². The Labute approximate surface area is 178 Å². The van der Waals surface area contributed by atoms with Gasteiger partial charge in [-0.05, 0) is 56.2 Å².